The van der Waals surface area contributed by atoms with E-state index in [-0.39, 0.29) is 18.4 Å². The number of aliphatic carboxylic acids is 1. The molecule has 6 heteroatoms. The molecule has 0 bridgehead atoms. The number of aryl methyl sites for hydroxylation is 1. The molecule has 0 radical (unpaired) electrons. The third kappa shape index (κ3) is 3.69. The van der Waals surface area contributed by atoms with Crippen LogP contribution in [0.1, 0.15) is 41.3 Å². The molecule has 0 saturated carbocycles. The topological polar surface area (TPSA) is 95.5 Å². The van der Waals surface area contributed by atoms with Crippen LogP contribution in [0.15, 0.2) is 48.5 Å². The Morgan fingerprint density at radius 3 is 2.56 bits per heavy atom. The number of hydrogen-bond acceptors (Lipinski definition) is 3. The van der Waals surface area contributed by atoms with E-state index < -0.39 is 11.4 Å². The minimum absolute atomic E-state index is 0.00446. The summed E-state index contributed by atoms with van der Waals surface area (Å²) in [4.78, 5) is 36.1. The first-order valence-electron chi connectivity index (χ1n) is 8.96. The number of carbonyl (C=O) groups is 3. The normalized spacial score (nSPS) is 15.2. The van der Waals surface area contributed by atoms with Crippen LogP contribution in [-0.2, 0) is 21.4 Å². The summed E-state index contributed by atoms with van der Waals surface area (Å²) in [6, 6.07) is 14.1. The van der Waals surface area contributed by atoms with Crippen molar-refractivity contribution in [2.45, 2.75) is 31.6 Å². The molecule has 2 aromatic rings. The van der Waals surface area contributed by atoms with Crippen LogP contribution >= 0.6 is 0 Å². The molecule has 3 rings (SSSR count). The fourth-order valence-corrected chi connectivity index (χ4v) is 3.40. The summed E-state index contributed by atoms with van der Waals surface area (Å²) in [5, 5.41) is 15.4. The van der Waals surface area contributed by atoms with Crippen LogP contribution in [0.2, 0.25) is 0 Å². The summed E-state index contributed by atoms with van der Waals surface area (Å²) in [6.45, 7) is 1.80. The number of carboxylic acids is 1. The summed E-state index contributed by atoms with van der Waals surface area (Å²) in [7, 11) is 0. The quantitative estimate of drug-likeness (QED) is 0.732. The van der Waals surface area contributed by atoms with Gasteiger partial charge in [0, 0.05) is 24.2 Å². The van der Waals surface area contributed by atoms with E-state index in [1.54, 1.807) is 49.4 Å². The molecule has 0 aliphatic carbocycles. The molecule has 0 saturated heterocycles. The van der Waals surface area contributed by atoms with Gasteiger partial charge in [0.05, 0.1) is 0 Å². The van der Waals surface area contributed by atoms with E-state index in [2.05, 4.69) is 10.6 Å². The van der Waals surface area contributed by atoms with Gasteiger partial charge in [0.25, 0.3) is 5.91 Å². The molecular weight excluding hydrogens is 344 g/mol. The third-order valence-corrected chi connectivity index (χ3v) is 5.15. The van der Waals surface area contributed by atoms with Gasteiger partial charge < -0.3 is 15.7 Å². The highest BCUT2D eigenvalue weighted by molar-refractivity contribution is 5.98. The van der Waals surface area contributed by atoms with Crippen molar-refractivity contribution in [1.82, 2.24) is 5.32 Å². The van der Waals surface area contributed by atoms with Crippen molar-refractivity contribution in [3.05, 3.63) is 65.2 Å². The minimum atomic E-state index is -1.18. The molecule has 1 aliphatic heterocycles. The van der Waals surface area contributed by atoms with E-state index in [1.807, 2.05) is 6.07 Å². The van der Waals surface area contributed by atoms with Gasteiger partial charge in [0.15, 0.2) is 0 Å². The van der Waals surface area contributed by atoms with Crippen LogP contribution in [0.5, 0.6) is 0 Å². The van der Waals surface area contributed by atoms with Gasteiger partial charge in [-0.25, -0.2) is 0 Å². The summed E-state index contributed by atoms with van der Waals surface area (Å²) in [5.41, 5.74) is 1.56. The van der Waals surface area contributed by atoms with Crippen molar-refractivity contribution < 1.29 is 19.5 Å². The Morgan fingerprint density at radius 1 is 1.15 bits per heavy atom. The number of hydrogen-bond donors (Lipinski definition) is 3. The lowest BCUT2D eigenvalue weighted by Crippen LogP contribution is -2.46. The molecule has 6 nitrogen and oxygen atoms in total. The lowest BCUT2D eigenvalue weighted by atomic mass is 9.78. The van der Waals surface area contributed by atoms with Crippen molar-refractivity contribution in [3.63, 3.8) is 0 Å². The Kier molecular flexibility index (Phi) is 5.26. The summed E-state index contributed by atoms with van der Waals surface area (Å²) in [6.07, 6.45) is 1.33. The van der Waals surface area contributed by atoms with Crippen molar-refractivity contribution in [3.8, 4) is 0 Å². The van der Waals surface area contributed by atoms with Gasteiger partial charge >= 0.3 is 5.97 Å². The maximum Gasteiger partial charge on any atom is 0.315 e. The van der Waals surface area contributed by atoms with Gasteiger partial charge in [-0.3, -0.25) is 14.4 Å². The largest absolute Gasteiger partial charge is 0.481 e. The maximum absolute atomic E-state index is 12.6. The van der Waals surface area contributed by atoms with Crippen LogP contribution < -0.4 is 10.6 Å². The fourth-order valence-electron chi connectivity index (χ4n) is 3.40. The SMILES string of the molecule is CCC(CNC(=O)c1ccc2c(c1)CCC(=O)N2)(C(=O)O)c1ccccc1. The Labute approximate surface area is 157 Å². The van der Waals surface area contributed by atoms with Gasteiger partial charge in [-0.1, -0.05) is 37.3 Å². The molecule has 27 heavy (non-hydrogen) atoms. The van der Waals surface area contributed by atoms with Crippen LogP contribution in [-0.4, -0.2) is 29.4 Å². The smallest absolute Gasteiger partial charge is 0.315 e. The Balaban J connectivity index is 1.79. The molecular formula is C21H22N2O4. The van der Waals surface area contributed by atoms with Crippen LogP contribution in [0.4, 0.5) is 5.69 Å². The highest BCUT2D eigenvalue weighted by Gasteiger charge is 2.39. The maximum atomic E-state index is 12.6. The van der Waals surface area contributed by atoms with Crippen molar-refractivity contribution >= 4 is 23.5 Å². The summed E-state index contributed by atoms with van der Waals surface area (Å²) in [5.74, 6) is -1.33. The van der Waals surface area contributed by atoms with Crippen LogP contribution in [0.3, 0.4) is 0 Å². The highest BCUT2D eigenvalue weighted by Crippen LogP contribution is 2.28. The molecule has 1 atom stereocenters. The van der Waals surface area contributed by atoms with E-state index in [9.17, 15) is 19.5 Å². The standard InChI is InChI=1S/C21H22N2O4/c1-2-21(20(26)27,16-6-4-3-5-7-16)13-22-19(25)15-8-10-17-14(12-15)9-11-18(24)23-17/h3-8,10,12H,2,9,11,13H2,1H3,(H,22,25)(H,23,24)(H,26,27). The molecule has 2 aromatic carbocycles. The number of rotatable bonds is 6. The molecule has 0 spiro atoms. The van der Waals surface area contributed by atoms with Crippen LogP contribution in [0, 0.1) is 0 Å². The van der Waals surface area contributed by atoms with E-state index in [0.29, 0.717) is 30.4 Å². The molecule has 1 aliphatic rings. The molecule has 2 amide bonds. The van der Waals surface area contributed by atoms with Crippen molar-refractivity contribution in [2.75, 3.05) is 11.9 Å². The van der Waals surface area contributed by atoms with E-state index in [0.717, 1.165) is 11.3 Å². The van der Waals surface area contributed by atoms with Gasteiger partial charge in [0.2, 0.25) is 5.91 Å². The number of anilines is 1. The molecule has 1 heterocycles. The monoisotopic (exact) mass is 366 g/mol. The third-order valence-electron chi connectivity index (χ3n) is 5.15. The van der Waals surface area contributed by atoms with Gasteiger partial charge in [-0.15, -0.1) is 0 Å². The molecule has 1 unspecified atom stereocenters. The second-order valence-electron chi connectivity index (χ2n) is 6.71. The van der Waals surface area contributed by atoms with E-state index in [1.165, 1.54) is 0 Å². The van der Waals surface area contributed by atoms with E-state index in [4.69, 9.17) is 0 Å². The number of carbonyl (C=O) groups excluding carboxylic acids is 2. The minimum Gasteiger partial charge on any atom is -0.481 e. The first-order valence-corrected chi connectivity index (χ1v) is 8.96. The number of fused-ring (bicyclic) bond motifs is 1. The molecule has 3 N–H and O–H groups in total. The zero-order valence-corrected chi connectivity index (χ0v) is 15.1. The average Bonchev–Trinajstić information content (AvgIpc) is 2.68. The highest BCUT2D eigenvalue weighted by atomic mass is 16.4. The number of carboxylic acid groups (broad SMARTS) is 1. The summed E-state index contributed by atoms with van der Waals surface area (Å²) < 4.78 is 0. The van der Waals surface area contributed by atoms with Crippen molar-refractivity contribution in [1.29, 1.82) is 0 Å². The first-order chi connectivity index (χ1) is 13.0. The zero-order valence-electron chi connectivity index (χ0n) is 15.1. The lowest BCUT2D eigenvalue weighted by molar-refractivity contribution is -0.143. The van der Waals surface area contributed by atoms with Gasteiger partial charge in [0.1, 0.15) is 5.41 Å². The Hall–Kier alpha value is -3.15. The second-order valence-corrected chi connectivity index (χ2v) is 6.71. The predicted molar refractivity (Wildman–Crippen MR) is 102 cm³/mol. The average molecular weight is 366 g/mol. The van der Waals surface area contributed by atoms with Crippen LogP contribution in [0.25, 0.3) is 0 Å². The molecule has 0 aromatic heterocycles. The van der Waals surface area contributed by atoms with Gasteiger partial charge in [-0.05, 0) is 42.2 Å². The van der Waals surface area contributed by atoms with Crippen molar-refractivity contribution in [2.24, 2.45) is 0 Å². The first kappa shape index (κ1) is 18.6. The van der Waals surface area contributed by atoms with E-state index >= 15 is 0 Å². The Morgan fingerprint density at radius 2 is 1.89 bits per heavy atom. The number of amides is 2. The fraction of sp³-hybridized carbons (Fsp3) is 0.286. The summed E-state index contributed by atoms with van der Waals surface area (Å²) >= 11 is 0. The van der Waals surface area contributed by atoms with Gasteiger partial charge in [-0.2, -0.15) is 0 Å². The number of nitrogens with one attached hydrogen (secondary N) is 2. The second kappa shape index (κ2) is 7.61. The lowest BCUT2D eigenvalue weighted by Gasteiger charge is -2.29. The zero-order chi connectivity index (χ0) is 19.4. The molecule has 0 fully saturated rings. The molecule has 140 valence electrons. The predicted octanol–water partition coefficient (Wildman–Crippen LogP) is 2.73. The Bertz CT molecular complexity index is 879. The number of benzene rings is 2.